The first kappa shape index (κ1) is 18.9. The van der Waals surface area contributed by atoms with Crippen LogP contribution in [0.15, 0.2) is 29.3 Å². The number of alkyl halides is 2. The molecule has 1 aromatic carbocycles. The van der Waals surface area contributed by atoms with Crippen LogP contribution in [0.3, 0.4) is 0 Å². The van der Waals surface area contributed by atoms with Gasteiger partial charge in [0, 0.05) is 12.1 Å². The van der Waals surface area contributed by atoms with Crippen LogP contribution < -0.4 is 15.8 Å². The van der Waals surface area contributed by atoms with Gasteiger partial charge >= 0.3 is 6.61 Å². The molecule has 0 amide bonds. The third-order valence-corrected chi connectivity index (χ3v) is 2.44. The fraction of sp³-hybridized carbons (Fsp3) is 0.462. The molecule has 0 aliphatic carbocycles. The van der Waals surface area contributed by atoms with Crippen LogP contribution >= 0.6 is 24.0 Å². The second-order valence-corrected chi connectivity index (χ2v) is 3.97. The van der Waals surface area contributed by atoms with Gasteiger partial charge in [-0.2, -0.15) is 8.78 Å². The van der Waals surface area contributed by atoms with Gasteiger partial charge in [-0.15, -0.1) is 24.0 Å². The van der Waals surface area contributed by atoms with Gasteiger partial charge in [0.2, 0.25) is 0 Å². The maximum Gasteiger partial charge on any atom is 0.387 e. The Balaban J connectivity index is 0.00000361. The molecule has 1 rings (SSSR count). The fourth-order valence-electron chi connectivity index (χ4n) is 1.46. The number of unbranched alkanes of at least 4 members (excludes halogenated alkanes) is 1. The SMILES string of the molecule is CCCCNC(N)=NCc1ccccc1OC(F)F.I. The normalized spacial score (nSPS) is 11.1. The first-order valence-corrected chi connectivity index (χ1v) is 6.20. The molecular weight excluding hydrogens is 379 g/mol. The Morgan fingerprint density at radius 2 is 2.10 bits per heavy atom. The second-order valence-electron chi connectivity index (χ2n) is 3.97. The van der Waals surface area contributed by atoms with Gasteiger partial charge in [0.1, 0.15) is 5.75 Å². The van der Waals surface area contributed by atoms with Crippen LogP contribution in [0.1, 0.15) is 25.3 Å². The van der Waals surface area contributed by atoms with Crippen LogP contribution in [-0.2, 0) is 6.54 Å². The van der Waals surface area contributed by atoms with E-state index in [1.165, 1.54) is 6.07 Å². The van der Waals surface area contributed by atoms with E-state index in [0.29, 0.717) is 11.5 Å². The van der Waals surface area contributed by atoms with Crippen LogP contribution in [0.5, 0.6) is 5.75 Å². The van der Waals surface area contributed by atoms with Gasteiger partial charge in [-0.25, -0.2) is 4.99 Å². The minimum atomic E-state index is -2.84. The molecule has 0 aliphatic heterocycles. The van der Waals surface area contributed by atoms with Gasteiger partial charge in [-0.3, -0.25) is 0 Å². The summed E-state index contributed by atoms with van der Waals surface area (Å²) in [5.41, 5.74) is 6.24. The number of benzene rings is 1. The lowest BCUT2D eigenvalue weighted by Gasteiger charge is -2.09. The summed E-state index contributed by atoms with van der Waals surface area (Å²) in [6.45, 7) is 0.187. The third kappa shape index (κ3) is 7.46. The molecule has 0 heterocycles. The van der Waals surface area contributed by atoms with Crippen molar-refractivity contribution in [1.29, 1.82) is 0 Å². The Morgan fingerprint density at radius 1 is 1.40 bits per heavy atom. The van der Waals surface area contributed by atoms with Crippen molar-refractivity contribution in [2.75, 3.05) is 6.54 Å². The van der Waals surface area contributed by atoms with Crippen molar-refractivity contribution < 1.29 is 13.5 Å². The molecule has 0 unspecified atom stereocenters. The van der Waals surface area contributed by atoms with Gasteiger partial charge in [0.05, 0.1) is 6.54 Å². The van der Waals surface area contributed by atoms with Crippen molar-refractivity contribution in [2.24, 2.45) is 10.7 Å². The van der Waals surface area contributed by atoms with Crippen molar-refractivity contribution in [3.8, 4) is 5.75 Å². The fourth-order valence-corrected chi connectivity index (χ4v) is 1.46. The molecule has 4 nitrogen and oxygen atoms in total. The van der Waals surface area contributed by atoms with Crippen LogP contribution in [0.4, 0.5) is 8.78 Å². The number of nitrogens with two attached hydrogens (primary N) is 1. The smallest absolute Gasteiger partial charge is 0.387 e. The Bertz CT molecular complexity index is 416. The van der Waals surface area contributed by atoms with E-state index in [2.05, 4.69) is 22.0 Å². The number of halogens is 3. The Hall–Kier alpha value is -1.12. The van der Waals surface area contributed by atoms with Gasteiger partial charge in [-0.05, 0) is 12.5 Å². The molecule has 0 fully saturated rings. The predicted octanol–water partition coefficient (Wildman–Crippen LogP) is 3.11. The number of nitrogens with one attached hydrogen (secondary N) is 1. The molecule has 0 aromatic heterocycles. The van der Waals surface area contributed by atoms with Crippen molar-refractivity contribution in [1.82, 2.24) is 5.32 Å². The lowest BCUT2D eigenvalue weighted by atomic mass is 10.2. The molecule has 7 heteroatoms. The lowest BCUT2D eigenvalue weighted by molar-refractivity contribution is -0.0504. The van der Waals surface area contributed by atoms with Crippen LogP contribution in [0, 0.1) is 0 Å². The number of ether oxygens (including phenoxy) is 1. The van der Waals surface area contributed by atoms with Crippen molar-refractivity contribution in [3.63, 3.8) is 0 Å². The number of hydrogen-bond donors (Lipinski definition) is 2. The maximum atomic E-state index is 12.2. The number of rotatable bonds is 7. The van der Waals surface area contributed by atoms with E-state index in [4.69, 9.17) is 5.73 Å². The van der Waals surface area contributed by atoms with E-state index in [-0.39, 0.29) is 36.3 Å². The Kier molecular flexibility index (Phi) is 10.0. The molecule has 0 atom stereocenters. The zero-order chi connectivity index (χ0) is 14.1. The standard InChI is InChI=1S/C13H19F2N3O.HI/c1-2-3-8-17-13(16)18-9-10-6-4-5-7-11(10)19-12(14)15;/h4-7,12H,2-3,8-9H2,1H3,(H3,16,17,18);1H. The van der Waals surface area contributed by atoms with E-state index in [9.17, 15) is 8.78 Å². The average Bonchev–Trinajstić information content (AvgIpc) is 2.37. The molecular formula is C13H20F2IN3O. The van der Waals surface area contributed by atoms with Gasteiger partial charge in [-0.1, -0.05) is 31.5 Å². The largest absolute Gasteiger partial charge is 0.434 e. The third-order valence-electron chi connectivity index (χ3n) is 2.44. The molecule has 1 aromatic rings. The quantitative estimate of drug-likeness (QED) is 0.321. The minimum Gasteiger partial charge on any atom is -0.434 e. The summed E-state index contributed by atoms with van der Waals surface area (Å²) in [4.78, 5) is 4.09. The number of aliphatic imine (C=N–C) groups is 1. The number of guanidine groups is 1. The highest BCUT2D eigenvalue weighted by atomic mass is 127. The summed E-state index contributed by atoms with van der Waals surface area (Å²) < 4.78 is 28.8. The van der Waals surface area contributed by atoms with Crippen LogP contribution in [0.2, 0.25) is 0 Å². The molecule has 0 radical (unpaired) electrons. The van der Waals surface area contributed by atoms with E-state index >= 15 is 0 Å². The van der Waals surface area contributed by atoms with Crippen molar-refractivity contribution >= 4 is 29.9 Å². The van der Waals surface area contributed by atoms with Gasteiger partial charge in [0.15, 0.2) is 5.96 Å². The van der Waals surface area contributed by atoms with E-state index in [1.54, 1.807) is 18.2 Å². The molecule has 0 saturated heterocycles. The second kappa shape index (κ2) is 10.6. The van der Waals surface area contributed by atoms with Gasteiger partial charge < -0.3 is 15.8 Å². The summed E-state index contributed by atoms with van der Waals surface area (Å²) in [7, 11) is 0. The van der Waals surface area contributed by atoms with E-state index in [0.717, 1.165) is 19.4 Å². The first-order valence-electron chi connectivity index (χ1n) is 6.20. The molecule has 0 bridgehead atoms. The van der Waals surface area contributed by atoms with E-state index < -0.39 is 6.61 Å². The summed E-state index contributed by atoms with van der Waals surface area (Å²) in [6, 6.07) is 6.54. The molecule has 0 saturated carbocycles. The summed E-state index contributed by atoms with van der Waals surface area (Å²) in [5.74, 6) is 0.433. The van der Waals surface area contributed by atoms with E-state index in [1.807, 2.05) is 0 Å². The number of para-hydroxylation sites is 1. The summed E-state index contributed by atoms with van der Waals surface area (Å²) >= 11 is 0. The first-order chi connectivity index (χ1) is 9.13. The average molecular weight is 399 g/mol. The topological polar surface area (TPSA) is 59.6 Å². The van der Waals surface area contributed by atoms with Crippen LogP contribution in [-0.4, -0.2) is 19.1 Å². The molecule has 3 N–H and O–H groups in total. The summed E-state index contributed by atoms with van der Waals surface area (Å²) in [6.07, 6.45) is 2.06. The molecule has 0 spiro atoms. The predicted molar refractivity (Wildman–Crippen MR) is 86.7 cm³/mol. The monoisotopic (exact) mass is 399 g/mol. The molecule has 0 aliphatic rings. The Morgan fingerprint density at radius 3 is 2.75 bits per heavy atom. The highest BCUT2D eigenvalue weighted by Gasteiger charge is 2.08. The van der Waals surface area contributed by atoms with Crippen LogP contribution in [0.25, 0.3) is 0 Å². The maximum absolute atomic E-state index is 12.2. The minimum absolute atomic E-state index is 0. The molecule has 114 valence electrons. The lowest BCUT2D eigenvalue weighted by Crippen LogP contribution is -2.32. The highest BCUT2D eigenvalue weighted by molar-refractivity contribution is 14.0. The molecule has 20 heavy (non-hydrogen) atoms. The number of hydrogen-bond acceptors (Lipinski definition) is 2. The highest BCUT2D eigenvalue weighted by Crippen LogP contribution is 2.20. The van der Waals surface area contributed by atoms with Gasteiger partial charge in [0.25, 0.3) is 0 Å². The van der Waals surface area contributed by atoms with Crippen molar-refractivity contribution in [3.05, 3.63) is 29.8 Å². The zero-order valence-corrected chi connectivity index (χ0v) is 13.6. The zero-order valence-electron chi connectivity index (χ0n) is 11.3. The number of nitrogens with zero attached hydrogens (tertiary/aromatic N) is 1. The van der Waals surface area contributed by atoms with Crippen molar-refractivity contribution in [2.45, 2.75) is 32.9 Å². The Labute approximate surface area is 134 Å². The summed E-state index contributed by atoms with van der Waals surface area (Å²) in [5, 5.41) is 2.95.